The molecule has 11 aromatic rings. The highest BCUT2D eigenvalue weighted by molar-refractivity contribution is 6.29. The van der Waals surface area contributed by atoms with Gasteiger partial charge in [-0.05, 0) is 98.8 Å². The van der Waals surface area contributed by atoms with E-state index in [-0.39, 0.29) is 0 Å². The SMILES string of the molecule is c1ccc(-c2ccc(-c3cc(-c4ccccc4)cc(-n4c5ccccc5c5c6c7ccccc7n(-c7ccc8ccccc8c7)c6ccc54)c3)cc2)cc1. The van der Waals surface area contributed by atoms with Gasteiger partial charge in [0.05, 0.1) is 22.1 Å². The van der Waals surface area contributed by atoms with Crippen molar-refractivity contribution in [3.63, 3.8) is 0 Å². The van der Waals surface area contributed by atoms with Crippen molar-refractivity contribution in [3.8, 4) is 44.8 Å². The molecule has 2 heteroatoms. The van der Waals surface area contributed by atoms with E-state index < -0.39 is 0 Å². The van der Waals surface area contributed by atoms with Crippen molar-refractivity contribution in [3.05, 3.63) is 206 Å². The topological polar surface area (TPSA) is 9.86 Å². The molecule has 0 saturated carbocycles. The summed E-state index contributed by atoms with van der Waals surface area (Å²) in [7, 11) is 0. The van der Waals surface area contributed by atoms with Gasteiger partial charge in [-0.25, -0.2) is 0 Å². The monoisotopic (exact) mass is 686 g/mol. The van der Waals surface area contributed by atoms with E-state index in [9.17, 15) is 0 Å². The summed E-state index contributed by atoms with van der Waals surface area (Å²) in [4.78, 5) is 0. The van der Waals surface area contributed by atoms with Gasteiger partial charge in [0.15, 0.2) is 0 Å². The molecular formula is C52H34N2. The second kappa shape index (κ2) is 12.2. The summed E-state index contributed by atoms with van der Waals surface area (Å²) in [6.07, 6.45) is 0. The Morgan fingerprint density at radius 2 is 0.685 bits per heavy atom. The highest BCUT2D eigenvalue weighted by Gasteiger charge is 2.21. The lowest BCUT2D eigenvalue weighted by atomic mass is 9.96. The van der Waals surface area contributed by atoms with Gasteiger partial charge in [0.1, 0.15) is 0 Å². The molecule has 2 nitrogen and oxygen atoms in total. The number of fused-ring (bicyclic) bond motifs is 8. The van der Waals surface area contributed by atoms with Crippen molar-refractivity contribution in [2.45, 2.75) is 0 Å². The number of hydrogen-bond donors (Lipinski definition) is 0. The van der Waals surface area contributed by atoms with Gasteiger partial charge in [0, 0.05) is 32.9 Å². The minimum Gasteiger partial charge on any atom is -0.309 e. The molecule has 0 N–H and O–H groups in total. The van der Waals surface area contributed by atoms with Crippen LogP contribution in [0.1, 0.15) is 0 Å². The normalized spacial score (nSPS) is 11.7. The molecule has 0 fully saturated rings. The van der Waals surface area contributed by atoms with E-state index in [1.165, 1.54) is 93.5 Å². The van der Waals surface area contributed by atoms with Gasteiger partial charge in [0.2, 0.25) is 0 Å². The summed E-state index contributed by atoms with van der Waals surface area (Å²) in [6, 6.07) is 75.2. The average Bonchev–Trinajstić information content (AvgIpc) is 3.77. The molecule has 2 heterocycles. The minimum absolute atomic E-state index is 1.14. The van der Waals surface area contributed by atoms with Crippen LogP contribution in [0.5, 0.6) is 0 Å². The number of para-hydroxylation sites is 2. The second-order valence-electron chi connectivity index (χ2n) is 14.2. The molecule has 0 unspecified atom stereocenters. The summed E-state index contributed by atoms with van der Waals surface area (Å²) in [5.74, 6) is 0. The Morgan fingerprint density at radius 3 is 1.28 bits per heavy atom. The largest absolute Gasteiger partial charge is 0.309 e. The van der Waals surface area contributed by atoms with Gasteiger partial charge in [-0.1, -0.05) is 152 Å². The van der Waals surface area contributed by atoms with Crippen LogP contribution in [0.3, 0.4) is 0 Å². The van der Waals surface area contributed by atoms with Crippen LogP contribution >= 0.6 is 0 Å². The lowest BCUT2D eigenvalue weighted by Crippen LogP contribution is -1.96. The Morgan fingerprint density at radius 1 is 0.241 bits per heavy atom. The van der Waals surface area contributed by atoms with Gasteiger partial charge in [-0.3, -0.25) is 0 Å². The van der Waals surface area contributed by atoms with Crippen molar-refractivity contribution in [2.75, 3.05) is 0 Å². The van der Waals surface area contributed by atoms with Crippen LogP contribution in [-0.4, -0.2) is 9.13 Å². The standard InChI is InChI=1S/C52H34N2/c1-3-13-35(14-4-1)38-23-25-39(26-24-38)42-31-41(36-15-5-2-6-16-36)33-44(34-42)54-48-22-12-10-20-46(48)52-50(54)30-29-49-51(52)45-19-9-11-21-47(45)53(49)43-28-27-37-17-7-8-18-40(37)32-43/h1-34H. The van der Waals surface area contributed by atoms with Crippen molar-refractivity contribution in [2.24, 2.45) is 0 Å². The van der Waals surface area contributed by atoms with E-state index in [0.29, 0.717) is 0 Å². The van der Waals surface area contributed by atoms with Gasteiger partial charge >= 0.3 is 0 Å². The first-order valence-electron chi connectivity index (χ1n) is 18.6. The van der Waals surface area contributed by atoms with Crippen LogP contribution in [-0.2, 0) is 0 Å². The van der Waals surface area contributed by atoms with Crippen molar-refractivity contribution < 1.29 is 0 Å². The number of aromatic nitrogens is 2. The van der Waals surface area contributed by atoms with E-state index in [0.717, 1.165) is 5.69 Å². The summed E-state index contributed by atoms with van der Waals surface area (Å²) >= 11 is 0. The summed E-state index contributed by atoms with van der Waals surface area (Å²) < 4.78 is 4.91. The van der Waals surface area contributed by atoms with E-state index in [1.54, 1.807) is 0 Å². The fourth-order valence-electron chi connectivity index (χ4n) is 8.58. The first-order chi connectivity index (χ1) is 26.8. The predicted molar refractivity (Wildman–Crippen MR) is 229 cm³/mol. The first kappa shape index (κ1) is 30.5. The zero-order valence-electron chi connectivity index (χ0n) is 29.5. The lowest BCUT2D eigenvalue weighted by Gasteiger charge is -2.14. The third-order valence-corrected chi connectivity index (χ3v) is 11.1. The van der Waals surface area contributed by atoms with Crippen LogP contribution in [0, 0.1) is 0 Å². The Bertz CT molecular complexity index is 3180. The number of hydrogen-bond acceptors (Lipinski definition) is 0. The van der Waals surface area contributed by atoms with Crippen LogP contribution in [0.15, 0.2) is 206 Å². The Labute approximate surface area is 313 Å². The van der Waals surface area contributed by atoms with Crippen LogP contribution in [0.2, 0.25) is 0 Å². The van der Waals surface area contributed by atoms with Crippen molar-refractivity contribution in [1.29, 1.82) is 0 Å². The average molecular weight is 687 g/mol. The lowest BCUT2D eigenvalue weighted by molar-refractivity contribution is 1.17. The van der Waals surface area contributed by atoms with E-state index >= 15 is 0 Å². The fraction of sp³-hybridized carbons (Fsp3) is 0. The maximum atomic E-state index is 2.47. The van der Waals surface area contributed by atoms with Gasteiger partial charge in [-0.15, -0.1) is 0 Å². The molecule has 0 amide bonds. The fourth-order valence-corrected chi connectivity index (χ4v) is 8.58. The Kier molecular flexibility index (Phi) is 6.90. The molecule has 0 saturated heterocycles. The molecule has 0 aliphatic rings. The molecular weight excluding hydrogens is 653 g/mol. The molecule has 54 heavy (non-hydrogen) atoms. The Balaban J connectivity index is 1.18. The summed E-state index contributed by atoms with van der Waals surface area (Å²) in [5.41, 5.74) is 14.3. The van der Waals surface area contributed by atoms with Gasteiger partial charge < -0.3 is 9.13 Å². The molecule has 0 spiro atoms. The zero-order valence-corrected chi connectivity index (χ0v) is 29.5. The van der Waals surface area contributed by atoms with E-state index in [2.05, 4.69) is 215 Å². The third-order valence-electron chi connectivity index (χ3n) is 11.1. The highest BCUT2D eigenvalue weighted by Crippen LogP contribution is 2.43. The van der Waals surface area contributed by atoms with Crippen LogP contribution in [0.4, 0.5) is 0 Å². The molecule has 0 radical (unpaired) electrons. The van der Waals surface area contributed by atoms with Crippen molar-refractivity contribution >= 4 is 54.4 Å². The predicted octanol–water partition coefficient (Wildman–Crippen LogP) is 14.0. The molecule has 2 aromatic heterocycles. The summed E-state index contributed by atoms with van der Waals surface area (Å²) in [6.45, 7) is 0. The Hall–Kier alpha value is -7.16. The smallest absolute Gasteiger partial charge is 0.0548 e. The minimum atomic E-state index is 1.14. The molecule has 11 rings (SSSR count). The number of nitrogens with zero attached hydrogens (tertiary/aromatic N) is 2. The third kappa shape index (κ3) is 4.81. The number of rotatable bonds is 5. The van der Waals surface area contributed by atoms with Gasteiger partial charge in [-0.2, -0.15) is 0 Å². The van der Waals surface area contributed by atoms with E-state index in [1.807, 2.05) is 0 Å². The quantitative estimate of drug-likeness (QED) is 0.171. The van der Waals surface area contributed by atoms with Crippen molar-refractivity contribution in [1.82, 2.24) is 9.13 Å². The maximum absolute atomic E-state index is 2.47. The summed E-state index contributed by atoms with van der Waals surface area (Å²) in [5, 5.41) is 7.55. The molecule has 252 valence electrons. The molecule has 9 aromatic carbocycles. The molecule has 0 aliphatic carbocycles. The highest BCUT2D eigenvalue weighted by atomic mass is 15.0. The molecule has 0 bridgehead atoms. The first-order valence-corrected chi connectivity index (χ1v) is 18.6. The zero-order chi connectivity index (χ0) is 35.6. The van der Waals surface area contributed by atoms with Crippen LogP contribution in [0.25, 0.3) is 99.1 Å². The van der Waals surface area contributed by atoms with Gasteiger partial charge in [0.25, 0.3) is 0 Å². The second-order valence-corrected chi connectivity index (χ2v) is 14.2. The molecule has 0 atom stereocenters. The number of benzene rings is 9. The van der Waals surface area contributed by atoms with Crippen LogP contribution < -0.4 is 0 Å². The molecule has 0 aliphatic heterocycles. The maximum Gasteiger partial charge on any atom is 0.0548 e. The van der Waals surface area contributed by atoms with E-state index in [4.69, 9.17) is 0 Å².